The summed E-state index contributed by atoms with van der Waals surface area (Å²) in [7, 11) is 1.42. The highest BCUT2D eigenvalue weighted by Gasteiger charge is 2.32. The van der Waals surface area contributed by atoms with E-state index in [9.17, 15) is 14.4 Å². The number of likely N-dealkylation sites (N-methyl/N-ethyl adjacent to an activating group) is 1. The molecule has 1 fully saturated rings. The van der Waals surface area contributed by atoms with E-state index in [1.807, 2.05) is 0 Å². The van der Waals surface area contributed by atoms with Gasteiger partial charge in [-0.25, -0.2) is 0 Å². The lowest BCUT2D eigenvalue weighted by molar-refractivity contribution is -0.149. The van der Waals surface area contributed by atoms with Gasteiger partial charge in [0.05, 0.1) is 5.25 Å². The van der Waals surface area contributed by atoms with Gasteiger partial charge in [0, 0.05) is 13.5 Å². The van der Waals surface area contributed by atoms with Gasteiger partial charge >= 0.3 is 0 Å². The van der Waals surface area contributed by atoms with Crippen LogP contribution >= 0.6 is 12.6 Å². The number of hydrogen-bond acceptors (Lipinski definition) is 4. The van der Waals surface area contributed by atoms with Gasteiger partial charge in [-0.1, -0.05) is 0 Å². The molecule has 0 saturated carbocycles. The van der Waals surface area contributed by atoms with Gasteiger partial charge in [-0.2, -0.15) is 12.6 Å². The second kappa shape index (κ2) is 4.65. The van der Waals surface area contributed by atoms with Crippen molar-refractivity contribution in [1.29, 1.82) is 0 Å². The Morgan fingerprint density at radius 1 is 1.60 bits per heavy atom. The molecule has 15 heavy (non-hydrogen) atoms. The Morgan fingerprint density at radius 2 is 2.20 bits per heavy atom. The zero-order valence-corrected chi connectivity index (χ0v) is 9.58. The Kier molecular flexibility index (Phi) is 3.73. The molecule has 1 saturated heterocycles. The molecule has 0 aromatic rings. The van der Waals surface area contributed by atoms with Crippen molar-refractivity contribution in [3.63, 3.8) is 0 Å². The quantitative estimate of drug-likeness (QED) is 0.499. The average Bonchev–Trinajstić information content (AvgIpc) is 2.18. The van der Waals surface area contributed by atoms with E-state index in [1.165, 1.54) is 7.05 Å². The molecule has 0 spiro atoms. The van der Waals surface area contributed by atoms with Crippen molar-refractivity contribution >= 4 is 30.4 Å². The highest BCUT2D eigenvalue weighted by molar-refractivity contribution is 7.81. The summed E-state index contributed by atoms with van der Waals surface area (Å²) in [6.07, 6.45) is 0.655. The fraction of sp³-hybridized carbons (Fsp3) is 0.667. The first kappa shape index (κ1) is 12.0. The van der Waals surface area contributed by atoms with E-state index in [-0.39, 0.29) is 24.1 Å². The number of nitrogens with zero attached hydrogens (tertiary/aromatic N) is 1. The number of thiol groups is 1. The van der Waals surface area contributed by atoms with Gasteiger partial charge in [-0.05, 0) is 13.3 Å². The zero-order chi connectivity index (χ0) is 11.6. The summed E-state index contributed by atoms with van der Waals surface area (Å²) in [6, 6.07) is -0.588. The molecule has 5 nitrogen and oxygen atoms in total. The number of amides is 3. The van der Waals surface area contributed by atoms with E-state index in [1.54, 1.807) is 6.92 Å². The number of imide groups is 1. The summed E-state index contributed by atoms with van der Waals surface area (Å²) >= 11 is 3.96. The maximum Gasteiger partial charge on any atom is 0.251 e. The molecular formula is C9H14N2O3S. The second-order valence-electron chi connectivity index (χ2n) is 3.57. The molecular weight excluding hydrogens is 216 g/mol. The predicted molar refractivity (Wildman–Crippen MR) is 57.4 cm³/mol. The molecule has 6 heteroatoms. The monoisotopic (exact) mass is 230 g/mol. The third-order valence-corrected chi connectivity index (χ3v) is 2.58. The van der Waals surface area contributed by atoms with Crippen molar-refractivity contribution in [2.45, 2.75) is 31.1 Å². The summed E-state index contributed by atoms with van der Waals surface area (Å²) in [5.41, 5.74) is 0. The van der Waals surface area contributed by atoms with Gasteiger partial charge in [0.15, 0.2) is 0 Å². The molecule has 2 unspecified atom stereocenters. The zero-order valence-electron chi connectivity index (χ0n) is 8.69. The molecule has 0 aromatic carbocycles. The van der Waals surface area contributed by atoms with Crippen molar-refractivity contribution in [3.8, 4) is 0 Å². The van der Waals surface area contributed by atoms with Crippen LogP contribution in [0.1, 0.15) is 19.8 Å². The van der Waals surface area contributed by atoms with Gasteiger partial charge in [0.25, 0.3) is 5.91 Å². The van der Waals surface area contributed by atoms with Crippen molar-refractivity contribution in [2.75, 3.05) is 7.05 Å². The molecule has 1 rings (SSSR count). The van der Waals surface area contributed by atoms with Crippen molar-refractivity contribution in [3.05, 3.63) is 0 Å². The minimum atomic E-state index is -0.588. The van der Waals surface area contributed by atoms with Gasteiger partial charge in [0.2, 0.25) is 11.8 Å². The molecule has 1 aliphatic heterocycles. The number of piperidine rings is 1. The standard InChI is InChI=1S/C9H14N2O3S/c1-5(15)8(13)10-6-3-4-7(12)11(2)9(6)14/h5-6,15H,3-4H2,1-2H3,(H,10,13). The maximum atomic E-state index is 11.6. The van der Waals surface area contributed by atoms with Gasteiger partial charge in [-0.15, -0.1) is 0 Å². The van der Waals surface area contributed by atoms with Crippen LogP contribution in [0.5, 0.6) is 0 Å². The molecule has 0 aliphatic carbocycles. The van der Waals surface area contributed by atoms with Crippen LogP contribution in [0.4, 0.5) is 0 Å². The topological polar surface area (TPSA) is 66.5 Å². The first-order valence-corrected chi connectivity index (χ1v) is 5.24. The minimum Gasteiger partial charge on any atom is -0.343 e. The number of hydrogen-bond donors (Lipinski definition) is 2. The third kappa shape index (κ3) is 2.71. The van der Waals surface area contributed by atoms with Crippen molar-refractivity contribution in [1.82, 2.24) is 10.2 Å². The summed E-state index contributed by atoms with van der Waals surface area (Å²) in [5.74, 6) is -0.850. The first-order chi connectivity index (χ1) is 6.93. The normalized spacial score (nSPS) is 23.9. The fourth-order valence-electron chi connectivity index (χ4n) is 1.34. The summed E-state index contributed by atoms with van der Waals surface area (Å²) < 4.78 is 0. The van der Waals surface area contributed by atoms with Crippen LogP contribution < -0.4 is 5.32 Å². The summed E-state index contributed by atoms with van der Waals surface area (Å²) in [4.78, 5) is 35.1. The van der Waals surface area contributed by atoms with Crippen LogP contribution in [0.3, 0.4) is 0 Å². The van der Waals surface area contributed by atoms with E-state index in [0.29, 0.717) is 6.42 Å². The lowest BCUT2D eigenvalue weighted by atomic mass is 10.0. The minimum absolute atomic E-state index is 0.204. The smallest absolute Gasteiger partial charge is 0.251 e. The highest BCUT2D eigenvalue weighted by Crippen LogP contribution is 2.11. The maximum absolute atomic E-state index is 11.6. The van der Waals surface area contributed by atoms with E-state index < -0.39 is 11.3 Å². The largest absolute Gasteiger partial charge is 0.343 e. The Hall–Kier alpha value is -1.04. The number of carbonyl (C=O) groups is 3. The SMILES string of the molecule is CC(S)C(=O)NC1CCC(=O)N(C)C1=O. The molecule has 0 radical (unpaired) electrons. The Labute approximate surface area is 93.6 Å². The summed E-state index contributed by atoms with van der Waals surface area (Å²) in [5, 5.41) is 2.10. The number of likely N-dealkylation sites (tertiary alicyclic amines) is 1. The molecule has 84 valence electrons. The summed E-state index contributed by atoms with van der Waals surface area (Å²) in [6.45, 7) is 1.63. The highest BCUT2D eigenvalue weighted by atomic mass is 32.1. The van der Waals surface area contributed by atoms with Crippen molar-refractivity contribution in [2.24, 2.45) is 0 Å². The van der Waals surface area contributed by atoms with Crippen LogP contribution in [-0.4, -0.2) is 41.0 Å². The molecule has 2 atom stereocenters. The van der Waals surface area contributed by atoms with E-state index in [4.69, 9.17) is 0 Å². The Balaban J connectivity index is 2.61. The lowest BCUT2D eigenvalue weighted by Crippen LogP contribution is -2.53. The molecule has 3 amide bonds. The van der Waals surface area contributed by atoms with Crippen LogP contribution in [-0.2, 0) is 14.4 Å². The number of rotatable bonds is 2. The van der Waals surface area contributed by atoms with Crippen LogP contribution in [0.2, 0.25) is 0 Å². The molecule has 0 aromatic heterocycles. The third-order valence-electron chi connectivity index (χ3n) is 2.35. The van der Waals surface area contributed by atoms with Gasteiger partial charge in [-0.3, -0.25) is 19.3 Å². The van der Waals surface area contributed by atoms with E-state index in [2.05, 4.69) is 17.9 Å². The van der Waals surface area contributed by atoms with E-state index >= 15 is 0 Å². The number of nitrogens with one attached hydrogen (secondary N) is 1. The molecule has 1 heterocycles. The first-order valence-electron chi connectivity index (χ1n) is 4.72. The predicted octanol–water partition coefficient (Wildman–Crippen LogP) is -0.432. The Morgan fingerprint density at radius 3 is 2.73 bits per heavy atom. The molecule has 1 aliphatic rings. The van der Waals surface area contributed by atoms with Crippen LogP contribution in [0, 0.1) is 0 Å². The fourth-order valence-corrected chi connectivity index (χ4v) is 1.42. The Bertz CT molecular complexity index is 304. The number of carbonyl (C=O) groups excluding carboxylic acids is 3. The van der Waals surface area contributed by atoms with Gasteiger partial charge < -0.3 is 5.32 Å². The lowest BCUT2D eigenvalue weighted by Gasteiger charge is -2.28. The van der Waals surface area contributed by atoms with Gasteiger partial charge in [0.1, 0.15) is 6.04 Å². The van der Waals surface area contributed by atoms with Crippen molar-refractivity contribution < 1.29 is 14.4 Å². The molecule has 0 bridgehead atoms. The van der Waals surface area contributed by atoms with E-state index in [0.717, 1.165) is 4.90 Å². The average molecular weight is 230 g/mol. The van der Waals surface area contributed by atoms with Crippen LogP contribution in [0.15, 0.2) is 0 Å². The molecule has 1 N–H and O–H groups in total. The second-order valence-corrected chi connectivity index (χ2v) is 4.34. The van der Waals surface area contributed by atoms with Crippen LogP contribution in [0.25, 0.3) is 0 Å².